The Bertz CT molecular complexity index is 1030. The summed E-state index contributed by atoms with van der Waals surface area (Å²) < 4.78 is 0. The molecule has 1 aromatic carbocycles. The number of nitrogens with one attached hydrogen (secondary N) is 2. The van der Waals surface area contributed by atoms with Gasteiger partial charge in [0.15, 0.2) is 5.13 Å². The van der Waals surface area contributed by atoms with E-state index in [1.807, 2.05) is 29.8 Å². The highest BCUT2D eigenvalue weighted by atomic mass is 32.1. The average molecular weight is 367 g/mol. The second-order valence-corrected chi connectivity index (χ2v) is 8.00. The lowest BCUT2D eigenvalue weighted by Crippen LogP contribution is -2.12. The number of aromatic amines is 1. The molecule has 0 aliphatic carbocycles. The molecule has 3 heterocycles. The summed E-state index contributed by atoms with van der Waals surface area (Å²) in [5.41, 5.74) is 3.20. The molecular weight excluding hydrogens is 350 g/mol. The van der Waals surface area contributed by atoms with Gasteiger partial charge in [-0.3, -0.25) is 4.79 Å². The minimum atomic E-state index is -0.00598. The molecule has 3 aromatic heterocycles. The Kier molecular flexibility index (Phi) is 4.38. The van der Waals surface area contributed by atoms with Crippen molar-refractivity contribution in [2.45, 2.75) is 19.8 Å². The Morgan fingerprint density at radius 3 is 2.96 bits per heavy atom. The van der Waals surface area contributed by atoms with E-state index >= 15 is 0 Å². The van der Waals surface area contributed by atoms with Crippen LogP contribution in [0.5, 0.6) is 0 Å². The number of para-hydroxylation sites is 1. The third-order valence-electron chi connectivity index (χ3n) is 4.04. The van der Waals surface area contributed by atoms with Gasteiger partial charge < -0.3 is 10.3 Å². The van der Waals surface area contributed by atoms with Gasteiger partial charge in [-0.15, -0.1) is 22.7 Å². The molecule has 126 valence electrons. The topological polar surface area (TPSA) is 57.8 Å². The summed E-state index contributed by atoms with van der Waals surface area (Å²) in [6.45, 7) is 2.08. The smallest absolute Gasteiger partial charge is 0.226 e. The minimum absolute atomic E-state index is 0.00598. The maximum absolute atomic E-state index is 12.2. The van der Waals surface area contributed by atoms with Gasteiger partial charge in [-0.05, 0) is 37.1 Å². The first-order valence-electron chi connectivity index (χ1n) is 8.06. The number of anilines is 1. The highest BCUT2D eigenvalue weighted by Crippen LogP contribution is 2.30. The number of aromatic nitrogens is 2. The Morgan fingerprint density at radius 1 is 1.24 bits per heavy atom. The fourth-order valence-electron chi connectivity index (χ4n) is 2.78. The Labute approximate surface area is 153 Å². The van der Waals surface area contributed by atoms with E-state index in [2.05, 4.69) is 40.4 Å². The number of rotatable bonds is 5. The fraction of sp³-hybridized carbons (Fsp3) is 0.158. The van der Waals surface area contributed by atoms with Crippen molar-refractivity contribution in [3.63, 3.8) is 0 Å². The van der Waals surface area contributed by atoms with Gasteiger partial charge in [0, 0.05) is 33.8 Å². The third kappa shape index (κ3) is 3.50. The fourth-order valence-corrected chi connectivity index (χ4v) is 4.41. The van der Waals surface area contributed by atoms with E-state index in [1.165, 1.54) is 27.2 Å². The van der Waals surface area contributed by atoms with Gasteiger partial charge >= 0.3 is 0 Å². The number of thiophene rings is 1. The van der Waals surface area contributed by atoms with Crippen LogP contribution in [0.3, 0.4) is 0 Å². The first-order chi connectivity index (χ1) is 12.2. The summed E-state index contributed by atoms with van der Waals surface area (Å²) in [6, 6.07) is 12.3. The number of nitrogens with zero attached hydrogens (tertiary/aromatic N) is 1. The zero-order valence-corrected chi connectivity index (χ0v) is 15.3. The molecule has 0 saturated carbocycles. The van der Waals surface area contributed by atoms with Crippen LogP contribution in [0.25, 0.3) is 21.5 Å². The molecule has 0 spiro atoms. The average Bonchev–Trinajstić information content (AvgIpc) is 3.32. The van der Waals surface area contributed by atoms with E-state index in [4.69, 9.17) is 0 Å². The van der Waals surface area contributed by atoms with Crippen LogP contribution in [0.15, 0.2) is 48.0 Å². The number of aryl methyl sites for hydroxylation is 2. The van der Waals surface area contributed by atoms with Crippen molar-refractivity contribution < 1.29 is 4.79 Å². The number of fused-ring (bicyclic) bond motifs is 1. The maximum atomic E-state index is 12.2. The van der Waals surface area contributed by atoms with Crippen molar-refractivity contribution in [1.82, 2.24) is 9.97 Å². The molecule has 0 atom stereocenters. The molecular formula is C19H17N3OS2. The minimum Gasteiger partial charge on any atom is -0.361 e. The normalized spacial score (nSPS) is 11.1. The van der Waals surface area contributed by atoms with Gasteiger partial charge in [0.2, 0.25) is 5.91 Å². The molecule has 0 radical (unpaired) electrons. The van der Waals surface area contributed by atoms with Crippen LogP contribution in [-0.4, -0.2) is 15.9 Å². The van der Waals surface area contributed by atoms with Crippen LogP contribution < -0.4 is 5.32 Å². The molecule has 0 aliphatic rings. The van der Waals surface area contributed by atoms with E-state index < -0.39 is 0 Å². The molecule has 2 N–H and O–H groups in total. The molecule has 6 heteroatoms. The van der Waals surface area contributed by atoms with Crippen LogP contribution in [0.2, 0.25) is 0 Å². The first kappa shape index (κ1) is 16.1. The van der Waals surface area contributed by atoms with Gasteiger partial charge in [-0.25, -0.2) is 4.98 Å². The zero-order valence-electron chi connectivity index (χ0n) is 13.7. The summed E-state index contributed by atoms with van der Waals surface area (Å²) in [7, 11) is 0. The van der Waals surface area contributed by atoms with Crippen molar-refractivity contribution in [1.29, 1.82) is 0 Å². The molecule has 0 aliphatic heterocycles. The first-order valence-corrected chi connectivity index (χ1v) is 9.76. The number of thiazole rings is 1. The Hall–Kier alpha value is -2.44. The quantitative estimate of drug-likeness (QED) is 0.507. The van der Waals surface area contributed by atoms with E-state index in [9.17, 15) is 4.79 Å². The van der Waals surface area contributed by atoms with E-state index in [0.717, 1.165) is 16.1 Å². The number of benzene rings is 1. The number of carbonyl (C=O) groups excluding carboxylic acids is 1. The maximum Gasteiger partial charge on any atom is 0.226 e. The van der Waals surface area contributed by atoms with E-state index in [1.54, 1.807) is 11.3 Å². The zero-order chi connectivity index (χ0) is 17.2. The highest BCUT2D eigenvalue weighted by molar-refractivity contribution is 7.17. The number of H-pyrrole nitrogens is 1. The van der Waals surface area contributed by atoms with E-state index in [-0.39, 0.29) is 5.91 Å². The van der Waals surface area contributed by atoms with Gasteiger partial charge in [-0.2, -0.15) is 0 Å². The molecule has 0 fully saturated rings. The monoisotopic (exact) mass is 367 g/mol. The van der Waals surface area contributed by atoms with Gasteiger partial charge in [-0.1, -0.05) is 18.2 Å². The van der Waals surface area contributed by atoms with Crippen molar-refractivity contribution in [2.75, 3.05) is 5.32 Å². The van der Waals surface area contributed by atoms with Crippen molar-refractivity contribution in [2.24, 2.45) is 0 Å². The summed E-state index contributed by atoms with van der Waals surface area (Å²) in [6.07, 6.45) is 3.13. The lowest BCUT2D eigenvalue weighted by molar-refractivity contribution is -0.116. The largest absolute Gasteiger partial charge is 0.361 e. The molecule has 0 unspecified atom stereocenters. The van der Waals surface area contributed by atoms with Crippen LogP contribution in [0.4, 0.5) is 5.13 Å². The Balaban J connectivity index is 1.38. The molecule has 4 rings (SSSR count). The van der Waals surface area contributed by atoms with Crippen LogP contribution >= 0.6 is 22.7 Å². The second-order valence-electron chi connectivity index (χ2n) is 5.86. The lowest BCUT2D eigenvalue weighted by Gasteiger charge is -2.01. The summed E-state index contributed by atoms with van der Waals surface area (Å²) in [5.74, 6) is -0.00598. The van der Waals surface area contributed by atoms with Gasteiger partial charge in [0.05, 0.1) is 10.6 Å². The van der Waals surface area contributed by atoms with Crippen molar-refractivity contribution in [3.8, 4) is 10.6 Å². The van der Waals surface area contributed by atoms with Gasteiger partial charge in [0.25, 0.3) is 0 Å². The molecule has 0 saturated heterocycles. The number of hydrogen-bond acceptors (Lipinski definition) is 4. The predicted molar refractivity (Wildman–Crippen MR) is 105 cm³/mol. The molecule has 4 nitrogen and oxygen atoms in total. The van der Waals surface area contributed by atoms with Crippen LogP contribution in [0.1, 0.15) is 16.9 Å². The summed E-state index contributed by atoms with van der Waals surface area (Å²) >= 11 is 3.18. The lowest BCUT2D eigenvalue weighted by atomic mass is 10.1. The summed E-state index contributed by atoms with van der Waals surface area (Å²) in [4.78, 5) is 22.4. The van der Waals surface area contributed by atoms with Crippen molar-refractivity contribution in [3.05, 3.63) is 58.4 Å². The molecule has 25 heavy (non-hydrogen) atoms. The Morgan fingerprint density at radius 2 is 2.12 bits per heavy atom. The predicted octanol–water partition coefficient (Wildman–Crippen LogP) is 5.23. The highest BCUT2D eigenvalue weighted by Gasteiger charge is 2.11. The molecule has 1 amide bonds. The molecule has 0 bridgehead atoms. The van der Waals surface area contributed by atoms with Gasteiger partial charge in [0.1, 0.15) is 0 Å². The second kappa shape index (κ2) is 6.82. The van der Waals surface area contributed by atoms with Crippen LogP contribution in [0, 0.1) is 6.92 Å². The molecule has 4 aromatic rings. The SMILES string of the molecule is Cc1ccc(-c2csc(NC(=O)CCc3c[nH]c4ccccc34)n2)s1. The standard InChI is InChI=1S/C19H17N3OS2/c1-12-6-8-17(25-12)16-11-24-19(21-16)22-18(23)9-7-13-10-20-15-5-3-2-4-14(13)15/h2-6,8,10-11,20H,7,9H2,1H3,(H,21,22,23). The number of carbonyl (C=O) groups is 1. The summed E-state index contributed by atoms with van der Waals surface area (Å²) in [5, 5.41) is 6.74. The van der Waals surface area contributed by atoms with E-state index in [0.29, 0.717) is 18.0 Å². The number of hydrogen-bond donors (Lipinski definition) is 2. The number of amides is 1. The van der Waals surface area contributed by atoms with Crippen LogP contribution in [-0.2, 0) is 11.2 Å². The third-order valence-corrected chi connectivity index (χ3v) is 5.82. The van der Waals surface area contributed by atoms with Crippen molar-refractivity contribution >= 4 is 44.6 Å².